The van der Waals surface area contributed by atoms with Crippen molar-refractivity contribution in [1.82, 2.24) is 20.2 Å². The Labute approximate surface area is 212 Å². The van der Waals surface area contributed by atoms with Crippen LogP contribution in [0, 0.1) is 5.92 Å². The van der Waals surface area contributed by atoms with Crippen molar-refractivity contribution in [2.75, 3.05) is 19.0 Å². The lowest BCUT2D eigenvalue weighted by Gasteiger charge is -2.42. The van der Waals surface area contributed by atoms with Crippen LogP contribution in [0.15, 0.2) is 48.8 Å². The predicted molar refractivity (Wildman–Crippen MR) is 135 cm³/mol. The van der Waals surface area contributed by atoms with Crippen molar-refractivity contribution in [3.63, 3.8) is 0 Å². The summed E-state index contributed by atoms with van der Waals surface area (Å²) < 4.78 is 0. The molecule has 188 valence electrons. The van der Waals surface area contributed by atoms with Gasteiger partial charge in [0.1, 0.15) is 5.69 Å². The summed E-state index contributed by atoms with van der Waals surface area (Å²) in [5.41, 5.74) is 6.87. The number of nitrogens with zero attached hydrogens (tertiary/aromatic N) is 3. The van der Waals surface area contributed by atoms with E-state index in [2.05, 4.69) is 15.3 Å². The zero-order valence-electron chi connectivity index (χ0n) is 19.9. The number of benzene rings is 1. The molecule has 0 bridgehead atoms. The highest BCUT2D eigenvalue weighted by molar-refractivity contribution is 6.40. The number of carbonyl (C=O) groups excluding carboxylic acids is 4. The first-order valence-electron chi connectivity index (χ1n) is 11.5. The molecule has 0 saturated heterocycles. The first-order valence-corrected chi connectivity index (χ1v) is 11.9. The molecule has 2 heterocycles. The molecule has 10 nitrogen and oxygen atoms in total. The molecule has 3 unspecified atom stereocenters. The van der Waals surface area contributed by atoms with E-state index in [1.807, 2.05) is 0 Å². The minimum Gasteiger partial charge on any atom is -0.361 e. The summed E-state index contributed by atoms with van der Waals surface area (Å²) in [5.74, 6) is -2.91. The van der Waals surface area contributed by atoms with E-state index in [0.717, 1.165) is 10.9 Å². The summed E-state index contributed by atoms with van der Waals surface area (Å²) in [6.45, 7) is 0. The summed E-state index contributed by atoms with van der Waals surface area (Å²) in [6.07, 6.45) is 4.15. The standard InChI is InChI=1S/C25H27ClN6O4/c1-31(2)24(35)14-3-5-19(30-23(34)20-12-15-11-16(26)4-6-18(15)29-20)21(13-14)32(25(36)22(27)33)17-7-9-28-10-8-17/h4,6-12,14,19,21,29H,3,5,13H2,1-2H3,(H2,27,33)(H,30,34). The molecule has 3 atom stereocenters. The number of aromatic nitrogens is 2. The second-order valence-corrected chi connectivity index (χ2v) is 9.49. The number of nitrogens with two attached hydrogens (primary N) is 1. The molecular weight excluding hydrogens is 484 g/mol. The number of hydrogen-bond donors (Lipinski definition) is 3. The topological polar surface area (TPSA) is 141 Å². The third kappa shape index (κ3) is 5.18. The predicted octanol–water partition coefficient (Wildman–Crippen LogP) is 2.09. The van der Waals surface area contributed by atoms with Gasteiger partial charge >= 0.3 is 11.8 Å². The van der Waals surface area contributed by atoms with Crippen LogP contribution in [0.2, 0.25) is 5.02 Å². The van der Waals surface area contributed by atoms with Gasteiger partial charge in [-0.2, -0.15) is 0 Å². The summed E-state index contributed by atoms with van der Waals surface area (Å²) >= 11 is 6.07. The highest BCUT2D eigenvalue weighted by Gasteiger charge is 2.42. The number of fused-ring (bicyclic) bond motifs is 1. The summed E-state index contributed by atoms with van der Waals surface area (Å²) in [6, 6.07) is 8.88. The zero-order chi connectivity index (χ0) is 26.0. The van der Waals surface area contributed by atoms with E-state index in [0.29, 0.717) is 29.2 Å². The Morgan fingerprint density at radius 1 is 1.08 bits per heavy atom. The maximum atomic E-state index is 13.2. The average molecular weight is 511 g/mol. The number of anilines is 1. The number of pyridine rings is 1. The molecule has 4 N–H and O–H groups in total. The van der Waals surface area contributed by atoms with Gasteiger partial charge in [-0.25, -0.2) is 0 Å². The Hall–Kier alpha value is -3.92. The minimum absolute atomic E-state index is 0.0847. The highest BCUT2D eigenvalue weighted by Crippen LogP contribution is 2.32. The van der Waals surface area contributed by atoms with E-state index in [9.17, 15) is 19.2 Å². The molecule has 0 radical (unpaired) electrons. The van der Waals surface area contributed by atoms with Crippen LogP contribution >= 0.6 is 11.6 Å². The van der Waals surface area contributed by atoms with Gasteiger partial charge in [0.25, 0.3) is 5.91 Å². The van der Waals surface area contributed by atoms with Crippen molar-refractivity contribution in [1.29, 1.82) is 0 Å². The Balaban J connectivity index is 1.68. The maximum absolute atomic E-state index is 13.2. The molecule has 3 aromatic rings. The molecule has 4 amide bonds. The second-order valence-electron chi connectivity index (χ2n) is 9.05. The summed E-state index contributed by atoms with van der Waals surface area (Å²) in [7, 11) is 3.34. The van der Waals surface area contributed by atoms with Crippen LogP contribution in [0.3, 0.4) is 0 Å². The third-order valence-electron chi connectivity index (χ3n) is 6.45. The van der Waals surface area contributed by atoms with Crippen molar-refractivity contribution in [3.05, 3.63) is 59.5 Å². The van der Waals surface area contributed by atoms with Crippen LogP contribution in [0.1, 0.15) is 29.8 Å². The van der Waals surface area contributed by atoms with E-state index in [-0.39, 0.29) is 18.2 Å². The van der Waals surface area contributed by atoms with E-state index in [1.165, 1.54) is 22.2 Å². The van der Waals surface area contributed by atoms with Gasteiger partial charge in [-0.15, -0.1) is 0 Å². The van der Waals surface area contributed by atoms with Crippen molar-refractivity contribution < 1.29 is 19.2 Å². The number of H-pyrrole nitrogens is 1. The molecule has 1 aliphatic rings. The zero-order valence-corrected chi connectivity index (χ0v) is 20.7. The number of rotatable bonds is 5. The number of aromatic amines is 1. The third-order valence-corrected chi connectivity index (χ3v) is 6.69. The molecule has 0 aliphatic heterocycles. The molecule has 1 aromatic carbocycles. The molecule has 1 aliphatic carbocycles. The fourth-order valence-electron chi connectivity index (χ4n) is 4.74. The van der Waals surface area contributed by atoms with Crippen molar-refractivity contribution in [3.8, 4) is 0 Å². The minimum atomic E-state index is -1.13. The molecule has 4 rings (SSSR count). The first kappa shape index (κ1) is 25.2. The number of hydrogen-bond acceptors (Lipinski definition) is 5. The number of amides is 4. The average Bonchev–Trinajstić information content (AvgIpc) is 3.28. The number of carbonyl (C=O) groups is 4. The lowest BCUT2D eigenvalue weighted by atomic mass is 9.80. The van der Waals surface area contributed by atoms with E-state index in [1.54, 1.807) is 50.5 Å². The smallest absolute Gasteiger partial charge is 0.316 e. The van der Waals surface area contributed by atoms with Gasteiger partial charge in [0.15, 0.2) is 0 Å². The van der Waals surface area contributed by atoms with Crippen molar-refractivity contribution >= 4 is 51.8 Å². The number of halogens is 1. The molecule has 1 saturated carbocycles. The van der Waals surface area contributed by atoms with Crippen LogP contribution in [-0.2, 0) is 14.4 Å². The normalized spacial score (nSPS) is 19.5. The van der Waals surface area contributed by atoms with Crippen LogP contribution in [0.4, 0.5) is 5.69 Å². The fraction of sp³-hybridized carbons (Fsp3) is 0.320. The van der Waals surface area contributed by atoms with Crippen molar-refractivity contribution in [2.45, 2.75) is 31.3 Å². The maximum Gasteiger partial charge on any atom is 0.316 e. The quantitative estimate of drug-likeness (QED) is 0.450. The molecule has 0 spiro atoms. The Bertz CT molecular complexity index is 1310. The van der Waals surface area contributed by atoms with E-state index >= 15 is 0 Å². The Kier molecular flexibility index (Phi) is 7.25. The molecular formula is C25H27ClN6O4. The van der Waals surface area contributed by atoms with Crippen LogP contribution in [0.25, 0.3) is 10.9 Å². The monoisotopic (exact) mass is 510 g/mol. The second kappa shape index (κ2) is 10.4. The molecule has 2 aromatic heterocycles. The summed E-state index contributed by atoms with van der Waals surface area (Å²) in [5, 5.41) is 4.34. The number of primary amides is 1. The SMILES string of the molecule is CN(C)C(=O)C1CCC(NC(=O)c2cc3cc(Cl)ccc3[nH]2)C(N(C(=O)C(N)=O)c2ccncc2)C1. The Morgan fingerprint density at radius 3 is 2.47 bits per heavy atom. The molecule has 1 fully saturated rings. The van der Waals surface area contributed by atoms with E-state index in [4.69, 9.17) is 17.3 Å². The summed E-state index contributed by atoms with van der Waals surface area (Å²) in [4.78, 5) is 60.9. The van der Waals surface area contributed by atoms with Crippen molar-refractivity contribution in [2.24, 2.45) is 11.7 Å². The largest absolute Gasteiger partial charge is 0.361 e. The van der Waals surface area contributed by atoms with Gasteiger partial charge in [0, 0.05) is 54.0 Å². The fourth-order valence-corrected chi connectivity index (χ4v) is 4.93. The van der Waals surface area contributed by atoms with E-state index < -0.39 is 29.8 Å². The number of nitrogens with one attached hydrogen (secondary N) is 2. The lowest BCUT2D eigenvalue weighted by molar-refractivity contribution is -0.137. The molecule has 36 heavy (non-hydrogen) atoms. The van der Waals surface area contributed by atoms with Crippen LogP contribution in [-0.4, -0.2) is 64.7 Å². The first-order chi connectivity index (χ1) is 17.2. The van der Waals surface area contributed by atoms with Gasteiger partial charge in [0.2, 0.25) is 5.91 Å². The van der Waals surface area contributed by atoms with Crippen LogP contribution < -0.4 is 16.0 Å². The van der Waals surface area contributed by atoms with Gasteiger partial charge < -0.3 is 20.9 Å². The lowest BCUT2D eigenvalue weighted by Crippen LogP contribution is -2.59. The van der Waals surface area contributed by atoms with Gasteiger partial charge in [0.05, 0.1) is 12.1 Å². The van der Waals surface area contributed by atoms with Gasteiger partial charge in [-0.1, -0.05) is 11.6 Å². The van der Waals surface area contributed by atoms with Crippen LogP contribution in [0.5, 0.6) is 0 Å². The van der Waals surface area contributed by atoms with Gasteiger partial charge in [-0.05, 0) is 55.7 Å². The Morgan fingerprint density at radius 2 is 1.81 bits per heavy atom. The molecule has 11 heteroatoms. The highest BCUT2D eigenvalue weighted by atomic mass is 35.5. The van der Waals surface area contributed by atoms with Gasteiger partial charge in [-0.3, -0.25) is 29.1 Å².